The molecule has 4 N–H and O–H groups in total. The SMILES string of the molecule is COc1cc(-c2[nH]c3c(C)ccc(C(=O)O)c3c2CCCCN)nc2ccccc12. The average molecular weight is 403 g/mol. The average Bonchev–Trinajstić information content (AvgIpc) is 3.13. The largest absolute Gasteiger partial charge is 0.496 e. The van der Waals surface area contributed by atoms with Gasteiger partial charge in [-0.25, -0.2) is 9.78 Å². The molecular formula is C24H25N3O3. The van der Waals surface area contributed by atoms with Gasteiger partial charge in [0.05, 0.1) is 35.1 Å². The maximum Gasteiger partial charge on any atom is 0.336 e. The second-order valence-corrected chi connectivity index (χ2v) is 7.44. The highest BCUT2D eigenvalue weighted by atomic mass is 16.5. The number of hydrogen-bond donors (Lipinski definition) is 3. The minimum absolute atomic E-state index is 0.300. The van der Waals surface area contributed by atoms with Crippen molar-refractivity contribution in [2.24, 2.45) is 5.73 Å². The van der Waals surface area contributed by atoms with E-state index in [1.54, 1.807) is 13.2 Å². The van der Waals surface area contributed by atoms with Gasteiger partial charge >= 0.3 is 5.97 Å². The fraction of sp³-hybridized carbons (Fsp3) is 0.250. The first-order chi connectivity index (χ1) is 14.5. The number of unbranched alkanes of at least 4 members (excludes halogenated alkanes) is 1. The molecule has 2 heterocycles. The Hall–Kier alpha value is -3.38. The summed E-state index contributed by atoms with van der Waals surface area (Å²) >= 11 is 0. The van der Waals surface area contributed by atoms with E-state index in [2.05, 4.69) is 4.98 Å². The lowest BCUT2D eigenvalue weighted by Crippen LogP contribution is -2.02. The number of benzene rings is 2. The van der Waals surface area contributed by atoms with Gasteiger partial charge in [0.15, 0.2) is 0 Å². The van der Waals surface area contributed by atoms with Crippen LogP contribution >= 0.6 is 0 Å². The molecule has 6 heteroatoms. The third-order valence-electron chi connectivity index (χ3n) is 5.53. The van der Waals surface area contributed by atoms with Crippen LogP contribution in [0.3, 0.4) is 0 Å². The first kappa shape index (κ1) is 19.9. The molecule has 0 bridgehead atoms. The van der Waals surface area contributed by atoms with Gasteiger partial charge in [0.1, 0.15) is 5.75 Å². The quantitative estimate of drug-likeness (QED) is 0.389. The summed E-state index contributed by atoms with van der Waals surface area (Å²) < 4.78 is 5.62. The number of methoxy groups -OCH3 is 1. The number of carboxylic acids is 1. The van der Waals surface area contributed by atoms with Crippen molar-refractivity contribution in [2.75, 3.05) is 13.7 Å². The molecule has 6 nitrogen and oxygen atoms in total. The van der Waals surface area contributed by atoms with E-state index in [4.69, 9.17) is 15.5 Å². The van der Waals surface area contributed by atoms with Crippen LogP contribution in [0.2, 0.25) is 0 Å². The number of pyridine rings is 1. The highest BCUT2D eigenvalue weighted by Gasteiger charge is 2.21. The van der Waals surface area contributed by atoms with Gasteiger partial charge in [-0.1, -0.05) is 18.2 Å². The Morgan fingerprint density at radius 1 is 1.20 bits per heavy atom. The molecule has 0 unspecified atom stereocenters. The Bertz CT molecular complexity index is 1240. The maximum atomic E-state index is 12.0. The van der Waals surface area contributed by atoms with Crippen molar-refractivity contribution in [3.05, 3.63) is 59.2 Å². The van der Waals surface area contributed by atoms with E-state index < -0.39 is 5.97 Å². The third kappa shape index (κ3) is 3.39. The number of nitrogens with one attached hydrogen (secondary N) is 1. The van der Waals surface area contributed by atoms with Crippen LogP contribution in [-0.2, 0) is 6.42 Å². The highest BCUT2D eigenvalue weighted by Crippen LogP contribution is 2.37. The first-order valence-electron chi connectivity index (χ1n) is 10.1. The number of carbonyl (C=O) groups is 1. The molecule has 0 aliphatic rings. The molecule has 0 saturated carbocycles. The number of hydrogen-bond acceptors (Lipinski definition) is 4. The number of H-pyrrole nitrogens is 1. The van der Waals surface area contributed by atoms with Crippen LogP contribution in [0, 0.1) is 6.92 Å². The van der Waals surface area contributed by atoms with Gasteiger partial charge in [-0.15, -0.1) is 0 Å². The minimum atomic E-state index is -0.935. The van der Waals surface area contributed by atoms with Crippen LogP contribution in [-0.4, -0.2) is 34.7 Å². The number of aryl methyl sites for hydroxylation is 2. The molecule has 4 aromatic rings. The summed E-state index contributed by atoms with van der Waals surface area (Å²) in [5.41, 5.74) is 11.2. The molecule has 154 valence electrons. The van der Waals surface area contributed by atoms with Gasteiger partial charge in [-0.2, -0.15) is 0 Å². The number of nitrogens with zero attached hydrogens (tertiary/aromatic N) is 1. The van der Waals surface area contributed by atoms with E-state index in [0.29, 0.717) is 18.5 Å². The highest BCUT2D eigenvalue weighted by molar-refractivity contribution is 6.07. The smallest absolute Gasteiger partial charge is 0.336 e. The molecule has 30 heavy (non-hydrogen) atoms. The number of aromatic nitrogens is 2. The van der Waals surface area contributed by atoms with Crippen LogP contribution in [0.1, 0.15) is 34.3 Å². The zero-order chi connectivity index (χ0) is 21.3. The van der Waals surface area contributed by atoms with E-state index in [0.717, 1.165) is 62.9 Å². The summed E-state index contributed by atoms with van der Waals surface area (Å²) in [6, 6.07) is 13.3. The Labute approximate surface area is 174 Å². The van der Waals surface area contributed by atoms with E-state index in [1.807, 2.05) is 43.3 Å². The number of rotatable bonds is 7. The van der Waals surface area contributed by atoms with Crippen LogP contribution in [0.4, 0.5) is 0 Å². The lowest BCUT2D eigenvalue weighted by atomic mass is 9.97. The summed E-state index contributed by atoms with van der Waals surface area (Å²) in [7, 11) is 1.64. The van der Waals surface area contributed by atoms with Gasteiger partial charge in [-0.3, -0.25) is 0 Å². The van der Waals surface area contributed by atoms with Gasteiger partial charge in [0, 0.05) is 16.8 Å². The summed E-state index contributed by atoms with van der Waals surface area (Å²) in [5.74, 6) is -0.202. The summed E-state index contributed by atoms with van der Waals surface area (Å²) in [4.78, 5) is 20.3. The fourth-order valence-corrected chi connectivity index (χ4v) is 4.04. The number of para-hydroxylation sites is 1. The van der Waals surface area contributed by atoms with E-state index in [9.17, 15) is 9.90 Å². The topological polar surface area (TPSA) is 101 Å². The zero-order valence-corrected chi connectivity index (χ0v) is 17.2. The number of carboxylic acid groups (broad SMARTS) is 1. The summed E-state index contributed by atoms with van der Waals surface area (Å²) in [5, 5.41) is 11.5. The lowest BCUT2D eigenvalue weighted by Gasteiger charge is -2.10. The van der Waals surface area contributed by atoms with Crippen molar-refractivity contribution in [1.82, 2.24) is 9.97 Å². The van der Waals surface area contributed by atoms with Crippen molar-refractivity contribution in [2.45, 2.75) is 26.2 Å². The molecule has 2 aromatic carbocycles. The maximum absolute atomic E-state index is 12.0. The number of fused-ring (bicyclic) bond motifs is 2. The molecule has 0 radical (unpaired) electrons. The van der Waals surface area contributed by atoms with Crippen molar-refractivity contribution >= 4 is 27.8 Å². The molecule has 0 spiro atoms. The predicted octanol–water partition coefficient (Wildman–Crippen LogP) is 4.68. The third-order valence-corrected chi connectivity index (χ3v) is 5.53. The van der Waals surface area contributed by atoms with Gasteiger partial charge in [0.25, 0.3) is 0 Å². The van der Waals surface area contributed by atoms with Crippen LogP contribution in [0.25, 0.3) is 33.2 Å². The Balaban J connectivity index is 2.02. The lowest BCUT2D eigenvalue weighted by molar-refractivity contribution is 0.0699. The van der Waals surface area contributed by atoms with Gasteiger partial charge < -0.3 is 20.6 Å². The molecule has 2 aromatic heterocycles. The van der Waals surface area contributed by atoms with E-state index in [1.165, 1.54) is 0 Å². The van der Waals surface area contributed by atoms with Gasteiger partial charge in [-0.05, 0) is 62.1 Å². The first-order valence-corrected chi connectivity index (χ1v) is 10.1. The number of nitrogens with two attached hydrogens (primary N) is 1. The predicted molar refractivity (Wildman–Crippen MR) is 119 cm³/mol. The van der Waals surface area contributed by atoms with Crippen LogP contribution in [0.15, 0.2) is 42.5 Å². The van der Waals surface area contributed by atoms with Crippen LogP contribution in [0.5, 0.6) is 5.75 Å². The molecule has 0 aliphatic carbocycles. The van der Waals surface area contributed by atoms with E-state index >= 15 is 0 Å². The summed E-state index contributed by atoms with van der Waals surface area (Å²) in [6.45, 7) is 2.58. The van der Waals surface area contributed by atoms with Gasteiger partial charge in [0.2, 0.25) is 0 Å². The Kier molecular flexibility index (Phi) is 5.42. The van der Waals surface area contributed by atoms with Crippen molar-refractivity contribution in [1.29, 1.82) is 0 Å². The number of aromatic amines is 1. The molecule has 0 aliphatic heterocycles. The molecular weight excluding hydrogens is 378 g/mol. The molecule has 0 amide bonds. The fourth-order valence-electron chi connectivity index (χ4n) is 4.04. The summed E-state index contributed by atoms with van der Waals surface area (Å²) in [6.07, 6.45) is 2.45. The normalized spacial score (nSPS) is 11.3. The van der Waals surface area contributed by atoms with Crippen molar-refractivity contribution in [3.63, 3.8) is 0 Å². The standard InChI is InChI=1S/C24H25N3O3/c1-14-10-11-17(24(28)29)21-16(8-5-6-12-25)23(27-22(14)21)19-13-20(30-2)15-7-3-4-9-18(15)26-19/h3-4,7,9-11,13,27H,5-6,8,12,25H2,1-2H3,(H,28,29). The monoisotopic (exact) mass is 403 g/mol. The second kappa shape index (κ2) is 8.16. The van der Waals surface area contributed by atoms with Crippen LogP contribution < -0.4 is 10.5 Å². The molecule has 4 rings (SSSR count). The van der Waals surface area contributed by atoms with E-state index in [-0.39, 0.29) is 0 Å². The second-order valence-electron chi connectivity index (χ2n) is 7.44. The number of aromatic carboxylic acids is 1. The molecule has 0 fully saturated rings. The molecule has 0 atom stereocenters. The Morgan fingerprint density at radius 3 is 2.73 bits per heavy atom. The molecule has 0 saturated heterocycles. The minimum Gasteiger partial charge on any atom is -0.496 e. The number of ether oxygens (including phenoxy) is 1. The zero-order valence-electron chi connectivity index (χ0n) is 17.2. The van der Waals surface area contributed by atoms with Crippen molar-refractivity contribution in [3.8, 4) is 17.1 Å². The van der Waals surface area contributed by atoms with Crippen molar-refractivity contribution < 1.29 is 14.6 Å². The Morgan fingerprint density at radius 2 is 2.00 bits per heavy atom.